The molecule has 2 aromatic rings. The Bertz CT molecular complexity index is 939. The first-order valence-electron chi connectivity index (χ1n) is 10.1. The summed E-state index contributed by atoms with van der Waals surface area (Å²) in [4.78, 5) is 6.27. The number of rotatable bonds is 6. The van der Waals surface area contributed by atoms with Gasteiger partial charge in [0, 0.05) is 19.1 Å². The van der Waals surface area contributed by atoms with Gasteiger partial charge in [0.05, 0.1) is 6.04 Å². The number of likely N-dealkylation sites (tertiary alicyclic amines) is 1. The lowest BCUT2D eigenvalue weighted by molar-refractivity contribution is -0.274. The van der Waals surface area contributed by atoms with Crippen molar-refractivity contribution in [1.82, 2.24) is 19.7 Å². The van der Waals surface area contributed by atoms with Crippen LogP contribution in [0.2, 0.25) is 0 Å². The summed E-state index contributed by atoms with van der Waals surface area (Å²) in [6.45, 7) is 5.32. The third-order valence-electron chi connectivity index (χ3n) is 5.63. The molecular weight excluding hydrogens is 413 g/mol. The zero-order chi connectivity index (χ0) is 22.2. The van der Waals surface area contributed by atoms with E-state index in [1.807, 2.05) is 13.8 Å². The molecule has 166 valence electrons. The number of ether oxygens (including phenoxy) is 2. The fourth-order valence-corrected chi connectivity index (χ4v) is 4.28. The van der Waals surface area contributed by atoms with Crippen molar-refractivity contribution in [2.75, 3.05) is 18.4 Å². The van der Waals surface area contributed by atoms with Crippen molar-refractivity contribution in [1.29, 1.82) is 5.26 Å². The van der Waals surface area contributed by atoms with Crippen molar-refractivity contribution in [3.63, 3.8) is 0 Å². The molecule has 8 nitrogen and oxygen atoms in total. The molecule has 1 aliphatic carbocycles. The monoisotopic (exact) mass is 436 g/mol. The summed E-state index contributed by atoms with van der Waals surface area (Å²) in [6.07, 6.45) is -0.393. The largest absolute Gasteiger partial charge is 0.573 e. The van der Waals surface area contributed by atoms with E-state index in [4.69, 9.17) is 4.74 Å². The SMILES string of the molecule is CC(C)n1nc(N[C@@H]2[C@@H]3CC[C@H]2CN(C#N)C3)nc1Oc1ccc(OC(F)(F)F)cc1. The smallest absolute Gasteiger partial charge is 0.424 e. The summed E-state index contributed by atoms with van der Waals surface area (Å²) in [7, 11) is 0. The van der Waals surface area contributed by atoms with Crippen molar-refractivity contribution in [2.24, 2.45) is 11.8 Å². The van der Waals surface area contributed by atoms with Crippen LogP contribution in [0, 0.1) is 23.3 Å². The van der Waals surface area contributed by atoms with Crippen molar-refractivity contribution < 1.29 is 22.6 Å². The van der Waals surface area contributed by atoms with Crippen LogP contribution in [0.3, 0.4) is 0 Å². The van der Waals surface area contributed by atoms with Gasteiger partial charge in [0.25, 0.3) is 0 Å². The standard InChI is InChI=1S/C20H23F3N6O2/c1-12(2)29-19(30-15-5-7-16(8-6-15)31-20(21,22)23)26-18(27-29)25-17-13-3-4-14(17)10-28(9-13)11-24/h5-8,12-14,17H,3-4,9-10H2,1-2H3,(H,25,27)/t13-,14+,17-. The summed E-state index contributed by atoms with van der Waals surface area (Å²) in [5.74, 6) is 1.14. The van der Waals surface area contributed by atoms with Crippen LogP contribution < -0.4 is 14.8 Å². The third kappa shape index (κ3) is 4.78. The second-order valence-electron chi connectivity index (χ2n) is 8.15. The highest BCUT2D eigenvalue weighted by atomic mass is 19.4. The zero-order valence-electron chi connectivity index (χ0n) is 17.1. The number of anilines is 1. The molecule has 1 aromatic carbocycles. The predicted octanol–water partition coefficient (Wildman–Crippen LogP) is 4.15. The van der Waals surface area contributed by atoms with E-state index in [9.17, 15) is 18.4 Å². The van der Waals surface area contributed by atoms with Crippen LogP contribution in [0.1, 0.15) is 32.7 Å². The highest BCUT2D eigenvalue weighted by Gasteiger charge is 2.42. The molecule has 2 fully saturated rings. The predicted molar refractivity (Wildman–Crippen MR) is 104 cm³/mol. The summed E-state index contributed by atoms with van der Waals surface area (Å²) < 4.78 is 48.3. The number of alkyl halides is 3. The van der Waals surface area contributed by atoms with Crippen LogP contribution in [0.25, 0.3) is 0 Å². The first-order valence-corrected chi connectivity index (χ1v) is 10.1. The minimum absolute atomic E-state index is 0.0388. The molecule has 3 atom stereocenters. The molecule has 2 aliphatic rings. The van der Waals surface area contributed by atoms with E-state index < -0.39 is 6.36 Å². The van der Waals surface area contributed by atoms with Gasteiger partial charge in [-0.05, 0) is 62.8 Å². The van der Waals surface area contributed by atoms with E-state index >= 15 is 0 Å². The van der Waals surface area contributed by atoms with Crippen LogP contribution in [-0.4, -0.2) is 45.2 Å². The van der Waals surface area contributed by atoms with Crippen LogP contribution in [-0.2, 0) is 0 Å². The molecule has 2 bridgehead atoms. The summed E-state index contributed by atoms with van der Waals surface area (Å²) >= 11 is 0. The number of nitrogens with one attached hydrogen (secondary N) is 1. The second-order valence-corrected chi connectivity index (χ2v) is 8.15. The molecule has 1 saturated carbocycles. The van der Waals surface area contributed by atoms with E-state index in [1.165, 1.54) is 24.3 Å². The minimum atomic E-state index is -4.75. The molecule has 0 unspecified atom stereocenters. The quantitative estimate of drug-likeness (QED) is 0.681. The van der Waals surface area contributed by atoms with Crippen molar-refractivity contribution in [3.05, 3.63) is 24.3 Å². The first kappa shape index (κ1) is 21.1. The van der Waals surface area contributed by atoms with E-state index in [1.54, 1.807) is 9.58 Å². The Morgan fingerprint density at radius 3 is 2.29 bits per heavy atom. The number of benzene rings is 1. The van der Waals surface area contributed by atoms with Crippen LogP contribution in [0.15, 0.2) is 24.3 Å². The Morgan fingerprint density at radius 1 is 1.13 bits per heavy atom. The van der Waals surface area contributed by atoms with Gasteiger partial charge in [-0.25, -0.2) is 4.68 Å². The maximum absolute atomic E-state index is 12.3. The Balaban J connectivity index is 1.48. The highest BCUT2D eigenvalue weighted by molar-refractivity contribution is 5.35. The Morgan fingerprint density at radius 2 is 1.74 bits per heavy atom. The summed E-state index contributed by atoms with van der Waals surface area (Å²) in [6, 6.07) is 5.51. The van der Waals surface area contributed by atoms with Gasteiger partial charge in [0.15, 0.2) is 6.19 Å². The molecule has 0 radical (unpaired) electrons. The molecule has 31 heavy (non-hydrogen) atoms. The fourth-order valence-electron chi connectivity index (χ4n) is 4.28. The second kappa shape index (κ2) is 8.17. The molecular formula is C20H23F3N6O2. The van der Waals surface area contributed by atoms with Crippen molar-refractivity contribution in [3.8, 4) is 23.7 Å². The van der Waals surface area contributed by atoms with Gasteiger partial charge >= 0.3 is 12.4 Å². The first-order chi connectivity index (χ1) is 14.7. The number of hydrogen-bond acceptors (Lipinski definition) is 7. The van der Waals surface area contributed by atoms with Gasteiger partial charge in [0.1, 0.15) is 11.5 Å². The van der Waals surface area contributed by atoms with Crippen molar-refractivity contribution in [2.45, 2.75) is 45.1 Å². The molecule has 1 saturated heterocycles. The van der Waals surface area contributed by atoms with E-state index in [-0.39, 0.29) is 23.8 Å². The minimum Gasteiger partial charge on any atom is -0.424 e. The number of halogens is 3. The number of aromatic nitrogens is 3. The molecule has 1 N–H and O–H groups in total. The molecule has 0 amide bonds. The van der Waals surface area contributed by atoms with Gasteiger partial charge < -0.3 is 19.7 Å². The van der Waals surface area contributed by atoms with Crippen LogP contribution >= 0.6 is 0 Å². The van der Waals surface area contributed by atoms with Gasteiger partial charge in [0.2, 0.25) is 5.95 Å². The van der Waals surface area contributed by atoms with E-state index in [0.29, 0.717) is 23.5 Å². The molecule has 1 aromatic heterocycles. The average molecular weight is 436 g/mol. The average Bonchev–Trinajstić information content (AvgIpc) is 3.19. The van der Waals surface area contributed by atoms with Gasteiger partial charge in [-0.2, -0.15) is 10.2 Å². The van der Waals surface area contributed by atoms with Crippen LogP contribution in [0.4, 0.5) is 19.1 Å². The molecule has 2 heterocycles. The van der Waals surface area contributed by atoms with Crippen molar-refractivity contribution >= 4 is 5.95 Å². The summed E-state index contributed by atoms with van der Waals surface area (Å²) in [5, 5.41) is 17.1. The third-order valence-corrected chi connectivity index (χ3v) is 5.63. The number of nitriles is 1. The maximum Gasteiger partial charge on any atom is 0.573 e. The van der Waals surface area contributed by atoms with Gasteiger partial charge in [-0.1, -0.05) is 0 Å². The van der Waals surface area contributed by atoms with Gasteiger partial charge in [-0.3, -0.25) is 0 Å². The Hall–Kier alpha value is -3.16. The zero-order valence-corrected chi connectivity index (χ0v) is 17.1. The fraction of sp³-hybridized carbons (Fsp3) is 0.550. The lowest BCUT2D eigenvalue weighted by atomic mass is 9.92. The van der Waals surface area contributed by atoms with Crippen LogP contribution in [0.5, 0.6) is 17.5 Å². The molecule has 11 heteroatoms. The van der Waals surface area contributed by atoms with E-state index in [0.717, 1.165) is 25.9 Å². The highest BCUT2D eigenvalue weighted by Crippen LogP contribution is 2.38. The maximum atomic E-state index is 12.3. The lowest BCUT2D eigenvalue weighted by Gasteiger charge is -2.35. The lowest BCUT2D eigenvalue weighted by Crippen LogP contribution is -2.46. The molecule has 4 rings (SSSR count). The van der Waals surface area contributed by atoms with E-state index in [2.05, 4.69) is 26.3 Å². The number of fused-ring (bicyclic) bond motifs is 2. The molecule has 0 spiro atoms. The Kier molecular flexibility index (Phi) is 5.56. The van der Waals surface area contributed by atoms with Gasteiger partial charge in [-0.15, -0.1) is 18.3 Å². The topological polar surface area (TPSA) is 88.2 Å². The molecule has 1 aliphatic heterocycles. The Labute approximate surface area is 177 Å². The summed E-state index contributed by atoms with van der Waals surface area (Å²) in [5.41, 5.74) is 0. The number of hydrogen-bond donors (Lipinski definition) is 1. The number of nitrogens with zero attached hydrogens (tertiary/aromatic N) is 5. The normalized spacial score (nSPS) is 23.0. The number of piperidine rings is 1.